The van der Waals surface area contributed by atoms with Crippen LogP contribution in [0.3, 0.4) is 0 Å². The summed E-state index contributed by atoms with van der Waals surface area (Å²) in [5, 5.41) is 0. The zero-order chi connectivity index (χ0) is 10.2. The molecule has 0 amide bonds. The Hall–Kier alpha value is 0.640. The Morgan fingerprint density at radius 3 is 2.64 bits per heavy atom. The quantitative estimate of drug-likeness (QED) is 0.460. The highest BCUT2D eigenvalue weighted by Crippen LogP contribution is 2.34. The van der Waals surface area contributed by atoms with Crippen molar-refractivity contribution in [2.45, 2.75) is 45.4 Å². The van der Waals surface area contributed by atoms with Crippen molar-refractivity contribution in [3.63, 3.8) is 0 Å². The van der Waals surface area contributed by atoms with Crippen molar-refractivity contribution in [1.29, 1.82) is 0 Å². The number of rotatable bonds is 7. The van der Waals surface area contributed by atoms with Crippen molar-refractivity contribution in [2.24, 2.45) is 11.8 Å². The highest BCUT2D eigenvalue weighted by atomic mass is 35.5. The largest absolute Gasteiger partial charge is 0.162 e. The van der Waals surface area contributed by atoms with Gasteiger partial charge in [0.05, 0.1) is 0 Å². The third-order valence-corrected chi connectivity index (χ3v) is 4.71. The van der Waals surface area contributed by atoms with Gasteiger partial charge in [-0.1, -0.05) is 32.6 Å². The summed E-state index contributed by atoms with van der Waals surface area (Å²) in [6.07, 6.45) is 8.51. The summed E-state index contributed by atoms with van der Waals surface area (Å²) in [5.74, 6) is 5.25. The van der Waals surface area contributed by atoms with E-state index in [0.29, 0.717) is 0 Å². The number of hydrogen-bond donors (Lipinski definition) is 0. The van der Waals surface area contributed by atoms with Gasteiger partial charge in [-0.15, -0.1) is 11.6 Å². The van der Waals surface area contributed by atoms with Crippen molar-refractivity contribution in [3.8, 4) is 0 Å². The molecule has 0 aliphatic heterocycles. The number of alkyl halides is 1. The first-order valence-corrected chi connectivity index (χ1v) is 7.71. The fraction of sp³-hybridized carbons (Fsp3) is 1.00. The summed E-state index contributed by atoms with van der Waals surface area (Å²) in [4.78, 5) is 0. The summed E-state index contributed by atoms with van der Waals surface area (Å²) in [6, 6.07) is 0. The summed E-state index contributed by atoms with van der Waals surface area (Å²) in [5.41, 5.74) is 0. The monoisotopic (exact) mass is 234 g/mol. The zero-order valence-electron chi connectivity index (χ0n) is 9.30. The smallest absolute Gasteiger partial charge is 0.0254 e. The van der Waals surface area contributed by atoms with Crippen LogP contribution in [0.2, 0.25) is 0 Å². The number of hydrogen-bond acceptors (Lipinski definition) is 1. The Labute approximate surface area is 98.2 Å². The molecule has 1 atom stereocenters. The van der Waals surface area contributed by atoms with E-state index in [1.54, 1.807) is 0 Å². The van der Waals surface area contributed by atoms with Crippen LogP contribution in [-0.2, 0) is 0 Å². The van der Waals surface area contributed by atoms with Gasteiger partial charge >= 0.3 is 0 Å². The van der Waals surface area contributed by atoms with Gasteiger partial charge in [-0.2, -0.15) is 11.8 Å². The van der Waals surface area contributed by atoms with Crippen molar-refractivity contribution >= 4 is 23.4 Å². The molecule has 0 heterocycles. The first-order chi connectivity index (χ1) is 6.88. The number of thioether (sulfide) groups is 1. The molecule has 0 bridgehead atoms. The molecule has 0 radical (unpaired) electrons. The van der Waals surface area contributed by atoms with E-state index in [2.05, 4.69) is 18.7 Å². The number of halogens is 1. The van der Waals surface area contributed by atoms with Gasteiger partial charge in [0.2, 0.25) is 0 Å². The van der Waals surface area contributed by atoms with Gasteiger partial charge in [-0.3, -0.25) is 0 Å². The molecule has 2 heteroatoms. The van der Waals surface area contributed by atoms with Crippen LogP contribution in [0.25, 0.3) is 0 Å². The first-order valence-electron chi connectivity index (χ1n) is 6.02. The second-order valence-corrected chi connectivity index (χ2v) is 6.00. The van der Waals surface area contributed by atoms with Crippen LogP contribution in [0, 0.1) is 11.8 Å². The van der Waals surface area contributed by atoms with Crippen LogP contribution < -0.4 is 0 Å². The van der Waals surface area contributed by atoms with Crippen molar-refractivity contribution in [1.82, 2.24) is 0 Å². The standard InChI is InChI=1S/C12H23ClS/c1-2-14-9-5-8-12(10-13)11-6-3-4-7-11/h11-12H,2-10H2,1H3. The Morgan fingerprint density at radius 1 is 1.36 bits per heavy atom. The van der Waals surface area contributed by atoms with E-state index >= 15 is 0 Å². The molecule has 1 saturated carbocycles. The van der Waals surface area contributed by atoms with E-state index in [4.69, 9.17) is 11.6 Å². The third kappa shape index (κ3) is 4.44. The molecular formula is C12H23ClS. The van der Waals surface area contributed by atoms with Crippen LogP contribution in [0.4, 0.5) is 0 Å². The van der Waals surface area contributed by atoms with Crippen molar-refractivity contribution < 1.29 is 0 Å². The van der Waals surface area contributed by atoms with E-state index in [-0.39, 0.29) is 0 Å². The van der Waals surface area contributed by atoms with E-state index < -0.39 is 0 Å². The Balaban J connectivity index is 2.11. The second-order valence-electron chi connectivity index (χ2n) is 4.30. The van der Waals surface area contributed by atoms with Gasteiger partial charge in [0.25, 0.3) is 0 Å². The van der Waals surface area contributed by atoms with Gasteiger partial charge in [-0.25, -0.2) is 0 Å². The zero-order valence-corrected chi connectivity index (χ0v) is 10.9. The second kappa shape index (κ2) is 7.87. The van der Waals surface area contributed by atoms with Crippen LogP contribution in [0.5, 0.6) is 0 Å². The molecule has 1 aliphatic rings. The van der Waals surface area contributed by atoms with Crippen molar-refractivity contribution in [2.75, 3.05) is 17.4 Å². The minimum atomic E-state index is 0.816. The van der Waals surface area contributed by atoms with Crippen LogP contribution in [0.1, 0.15) is 45.4 Å². The molecule has 1 unspecified atom stereocenters. The van der Waals surface area contributed by atoms with Gasteiger partial charge in [-0.05, 0) is 36.2 Å². The predicted octanol–water partition coefficient (Wildman–Crippen LogP) is 4.56. The summed E-state index contributed by atoms with van der Waals surface area (Å²) < 4.78 is 0. The Bertz CT molecular complexity index is 132. The highest BCUT2D eigenvalue weighted by molar-refractivity contribution is 7.99. The van der Waals surface area contributed by atoms with E-state index in [0.717, 1.165) is 17.7 Å². The maximum atomic E-state index is 6.05. The molecule has 84 valence electrons. The van der Waals surface area contributed by atoms with Crippen LogP contribution in [-0.4, -0.2) is 17.4 Å². The summed E-state index contributed by atoms with van der Waals surface area (Å²) >= 11 is 8.11. The van der Waals surface area contributed by atoms with Crippen LogP contribution >= 0.6 is 23.4 Å². The third-order valence-electron chi connectivity index (χ3n) is 3.33. The molecule has 1 fully saturated rings. The minimum absolute atomic E-state index is 0.816. The maximum absolute atomic E-state index is 6.05. The molecule has 0 saturated heterocycles. The highest BCUT2D eigenvalue weighted by Gasteiger charge is 2.23. The fourth-order valence-corrected chi connectivity index (χ4v) is 3.53. The van der Waals surface area contributed by atoms with Crippen molar-refractivity contribution in [3.05, 3.63) is 0 Å². The maximum Gasteiger partial charge on any atom is 0.0254 e. The average Bonchev–Trinajstić information content (AvgIpc) is 2.71. The molecule has 1 aliphatic carbocycles. The molecule has 0 aromatic rings. The Kier molecular flexibility index (Phi) is 7.14. The summed E-state index contributed by atoms with van der Waals surface area (Å²) in [7, 11) is 0. The lowest BCUT2D eigenvalue weighted by Gasteiger charge is -2.20. The molecule has 14 heavy (non-hydrogen) atoms. The van der Waals surface area contributed by atoms with Crippen LogP contribution in [0.15, 0.2) is 0 Å². The molecule has 0 spiro atoms. The average molecular weight is 235 g/mol. The fourth-order valence-electron chi connectivity index (χ4n) is 2.46. The first kappa shape index (κ1) is 12.7. The predicted molar refractivity (Wildman–Crippen MR) is 68.4 cm³/mol. The minimum Gasteiger partial charge on any atom is -0.162 e. The van der Waals surface area contributed by atoms with Gasteiger partial charge in [0, 0.05) is 5.88 Å². The van der Waals surface area contributed by atoms with E-state index in [9.17, 15) is 0 Å². The normalized spacial score (nSPS) is 20.1. The molecule has 0 nitrogen and oxygen atoms in total. The topological polar surface area (TPSA) is 0 Å². The molecule has 1 rings (SSSR count). The van der Waals surface area contributed by atoms with Gasteiger partial charge in [0.15, 0.2) is 0 Å². The Morgan fingerprint density at radius 2 is 2.07 bits per heavy atom. The molecule has 0 N–H and O–H groups in total. The lowest BCUT2D eigenvalue weighted by Crippen LogP contribution is -2.13. The lowest BCUT2D eigenvalue weighted by atomic mass is 9.89. The molecule has 0 aromatic heterocycles. The lowest BCUT2D eigenvalue weighted by molar-refractivity contribution is 0.348. The van der Waals surface area contributed by atoms with Gasteiger partial charge < -0.3 is 0 Å². The molecule has 0 aromatic carbocycles. The van der Waals surface area contributed by atoms with E-state index in [1.807, 2.05) is 0 Å². The van der Waals surface area contributed by atoms with E-state index in [1.165, 1.54) is 50.0 Å². The molecular weight excluding hydrogens is 212 g/mol. The summed E-state index contributed by atoms with van der Waals surface area (Å²) in [6.45, 7) is 2.24. The SMILES string of the molecule is CCSCCCC(CCl)C1CCCC1. The van der Waals surface area contributed by atoms with Gasteiger partial charge in [0.1, 0.15) is 0 Å².